The summed E-state index contributed by atoms with van der Waals surface area (Å²) in [6.45, 7) is 11.3. The molecule has 0 aromatic rings. The van der Waals surface area contributed by atoms with E-state index in [1.807, 2.05) is 25.0 Å². The molecule has 0 saturated heterocycles. The van der Waals surface area contributed by atoms with E-state index in [-0.39, 0.29) is 0 Å². The molecule has 130 valence electrons. The Morgan fingerprint density at radius 2 is 1.78 bits per heavy atom. The van der Waals surface area contributed by atoms with Crippen LogP contribution in [-0.4, -0.2) is 0 Å². The van der Waals surface area contributed by atoms with E-state index < -0.39 is 0 Å². The maximum atomic E-state index is 2.60. The zero-order chi connectivity index (χ0) is 16.6. The third-order valence-electron chi connectivity index (χ3n) is 7.82. The molecule has 2 saturated carbocycles. The lowest BCUT2D eigenvalue weighted by atomic mass is 9.53. The van der Waals surface area contributed by atoms with E-state index in [9.17, 15) is 0 Å². The monoisotopic (exact) mass is 314 g/mol. The highest BCUT2D eigenvalue weighted by Crippen LogP contribution is 2.63. The Labute approximate surface area is 144 Å². The minimum Gasteiger partial charge on any atom is -0.0879 e. The fourth-order valence-corrected chi connectivity index (χ4v) is 6.73. The Kier molecular flexibility index (Phi) is 5.09. The third kappa shape index (κ3) is 2.75. The fraction of sp³-hybridized carbons (Fsp3) is 0.826. The van der Waals surface area contributed by atoms with Gasteiger partial charge in [-0.2, -0.15) is 0 Å². The molecule has 0 amide bonds. The summed E-state index contributed by atoms with van der Waals surface area (Å²) in [5.41, 5.74) is 6.22. The Morgan fingerprint density at radius 1 is 1.00 bits per heavy atom. The van der Waals surface area contributed by atoms with E-state index in [1.165, 1.54) is 57.8 Å². The largest absolute Gasteiger partial charge is 0.0879 e. The normalized spacial score (nSPS) is 44.1. The van der Waals surface area contributed by atoms with Crippen LogP contribution in [0.3, 0.4) is 0 Å². The fourth-order valence-electron chi connectivity index (χ4n) is 6.73. The molecule has 0 heteroatoms. The van der Waals surface area contributed by atoms with Crippen LogP contribution in [0.1, 0.15) is 92.4 Å². The standard InChI is InChI=1S/C21H32.C2H6/c1-4-16-7-10-20-19-9-6-15-13-14(2)5-8-17(15)18(19)11-12-21(16,20)3;1-2/h4,14,18-20H,5-13H2,1-3H3;1-2H3/b16-4-;. The maximum absolute atomic E-state index is 2.60. The van der Waals surface area contributed by atoms with Crippen LogP contribution in [0.15, 0.2) is 22.8 Å². The number of hydrogen-bond donors (Lipinski definition) is 0. The van der Waals surface area contributed by atoms with Crippen molar-refractivity contribution in [3.63, 3.8) is 0 Å². The van der Waals surface area contributed by atoms with Gasteiger partial charge in [-0.3, -0.25) is 0 Å². The van der Waals surface area contributed by atoms with Crippen molar-refractivity contribution in [2.75, 3.05) is 0 Å². The van der Waals surface area contributed by atoms with E-state index >= 15 is 0 Å². The van der Waals surface area contributed by atoms with Gasteiger partial charge in [0.1, 0.15) is 0 Å². The molecule has 5 unspecified atom stereocenters. The minimum atomic E-state index is 0.565. The van der Waals surface area contributed by atoms with Crippen molar-refractivity contribution in [2.45, 2.75) is 92.4 Å². The summed E-state index contributed by atoms with van der Waals surface area (Å²) in [4.78, 5) is 0. The summed E-state index contributed by atoms with van der Waals surface area (Å²) in [7, 11) is 0. The summed E-state index contributed by atoms with van der Waals surface area (Å²) < 4.78 is 0. The van der Waals surface area contributed by atoms with Crippen molar-refractivity contribution in [1.82, 2.24) is 0 Å². The summed E-state index contributed by atoms with van der Waals surface area (Å²) in [5, 5.41) is 0. The zero-order valence-corrected chi connectivity index (χ0v) is 16.3. The topological polar surface area (TPSA) is 0 Å². The van der Waals surface area contributed by atoms with Crippen LogP contribution in [0.25, 0.3) is 0 Å². The molecule has 4 rings (SSSR count). The van der Waals surface area contributed by atoms with Gasteiger partial charge in [-0.05, 0) is 93.8 Å². The quantitative estimate of drug-likeness (QED) is 0.411. The predicted octanol–water partition coefficient (Wildman–Crippen LogP) is 7.31. The smallest absolute Gasteiger partial charge is 0.00851 e. The van der Waals surface area contributed by atoms with E-state index in [0.29, 0.717) is 5.41 Å². The molecule has 0 aliphatic heterocycles. The number of rotatable bonds is 0. The van der Waals surface area contributed by atoms with Crippen LogP contribution in [0.4, 0.5) is 0 Å². The summed E-state index contributed by atoms with van der Waals surface area (Å²) in [5.74, 6) is 3.95. The Bertz CT molecular complexity index is 494. The molecule has 2 fully saturated rings. The predicted molar refractivity (Wildman–Crippen MR) is 101 cm³/mol. The van der Waals surface area contributed by atoms with Gasteiger partial charge < -0.3 is 0 Å². The lowest BCUT2D eigenvalue weighted by molar-refractivity contribution is 0.0593. The molecule has 0 bridgehead atoms. The second-order valence-corrected chi connectivity index (χ2v) is 8.70. The van der Waals surface area contributed by atoms with E-state index in [2.05, 4.69) is 26.8 Å². The SMILES string of the molecule is C/C=C1/CCC2C3CCC4=C(CCC(C)C4)C3CCC12C.CC. The highest BCUT2D eigenvalue weighted by Gasteiger charge is 2.52. The van der Waals surface area contributed by atoms with E-state index in [1.54, 1.807) is 5.57 Å². The summed E-state index contributed by atoms with van der Waals surface area (Å²) in [6.07, 6.45) is 15.6. The lowest BCUT2D eigenvalue weighted by Gasteiger charge is -2.51. The van der Waals surface area contributed by atoms with Crippen LogP contribution in [0, 0.1) is 29.1 Å². The summed E-state index contributed by atoms with van der Waals surface area (Å²) in [6, 6.07) is 0. The van der Waals surface area contributed by atoms with Gasteiger partial charge in [0, 0.05) is 0 Å². The molecule has 0 aromatic carbocycles. The van der Waals surface area contributed by atoms with Gasteiger partial charge in [0.25, 0.3) is 0 Å². The highest BCUT2D eigenvalue weighted by molar-refractivity contribution is 5.30. The van der Waals surface area contributed by atoms with Crippen molar-refractivity contribution in [3.8, 4) is 0 Å². The van der Waals surface area contributed by atoms with Crippen LogP contribution < -0.4 is 0 Å². The van der Waals surface area contributed by atoms with Gasteiger partial charge in [0.15, 0.2) is 0 Å². The van der Waals surface area contributed by atoms with Gasteiger partial charge >= 0.3 is 0 Å². The molecular weight excluding hydrogens is 276 g/mol. The van der Waals surface area contributed by atoms with Gasteiger partial charge in [-0.1, -0.05) is 50.5 Å². The summed E-state index contributed by atoms with van der Waals surface area (Å²) >= 11 is 0. The van der Waals surface area contributed by atoms with Crippen molar-refractivity contribution in [1.29, 1.82) is 0 Å². The van der Waals surface area contributed by atoms with Crippen molar-refractivity contribution in [2.24, 2.45) is 29.1 Å². The molecule has 0 nitrogen and oxygen atoms in total. The van der Waals surface area contributed by atoms with E-state index in [4.69, 9.17) is 0 Å². The molecule has 4 aliphatic carbocycles. The van der Waals surface area contributed by atoms with Gasteiger partial charge in [0.2, 0.25) is 0 Å². The van der Waals surface area contributed by atoms with Crippen LogP contribution in [0.2, 0.25) is 0 Å². The third-order valence-corrected chi connectivity index (χ3v) is 7.82. The first-order chi connectivity index (χ1) is 11.1. The highest BCUT2D eigenvalue weighted by atomic mass is 14.6. The Hall–Kier alpha value is -0.520. The van der Waals surface area contributed by atoms with Crippen molar-refractivity contribution < 1.29 is 0 Å². The first kappa shape index (κ1) is 17.3. The van der Waals surface area contributed by atoms with Crippen molar-refractivity contribution >= 4 is 0 Å². The van der Waals surface area contributed by atoms with Crippen molar-refractivity contribution in [3.05, 3.63) is 22.8 Å². The number of fused-ring (bicyclic) bond motifs is 4. The zero-order valence-electron chi connectivity index (χ0n) is 16.3. The average molecular weight is 315 g/mol. The first-order valence-electron chi connectivity index (χ1n) is 10.5. The molecule has 0 spiro atoms. The number of allylic oxidation sites excluding steroid dienone is 4. The van der Waals surface area contributed by atoms with E-state index in [0.717, 1.165) is 23.7 Å². The molecule has 5 atom stereocenters. The molecule has 0 aromatic heterocycles. The maximum Gasteiger partial charge on any atom is -0.00851 e. The Morgan fingerprint density at radius 3 is 2.52 bits per heavy atom. The molecule has 0 N–H and O–H groups in total. The minimum absolute atomic E-state index is 0.565. The molecule has 0 radical (unpaired) electrons. The lowest BCUT2D eigenvalue weighted by Crippen LogP contribution is -2.42. The molecule has 0 heterocycles. The molecule has 23 heavy (non-hydrogen) atoms. The number of hydrogen-bond acceptors (Lipinski definition) is 0. The van der Waals surface area contributed by atoms with Crippen LogP contribution in [-0.2, 0) is 0 Å². The molecule has 4 aliphatic rings. The second kappa shape index (κ2) is 6.77. The van der Waals surface area contributed by atoms with Crippen LogP contribution >= 0.6 is 0 Å². The first-order valence-corrected chi connectivity index (χ1v) is 10.5. The van der Waals surface area contributed by atoms with Gasteiger partial charge in [-0.15, -0.1) is 0 Å². The average Bonchev–Trinajstić information content (AvgIpc) is 2.92. The second-order valence-electron chi connectivity index (χ2n) is 8.70. The Balaban J connectivity index is 0.000000753. The molecular formula is C23H38. The van der Waals surface area contributed by atoms with Crippen LogP contribution in [0.5, 0.6) is 0 Å². The van der Waals surface area contributed by atoms with Gasteiger partial charge in [0.05, 0.1) is 0 Å². The van der Waals surface area contributed by atoms with Gasteiger partial charge in [-0.25, -0.2) is 0 Å².